The van der Waals surface area contributed by atoms with E-state index >= 15 is 0 Å². The van der Waals surface area contributed by atoms with Crippen LogP contribution in [0.15, 0.2) is 41.3 Å². The van der Waals surface area contributed by atoms with Gasteiger partial charge in [-0.3, -0.25) is 0 Å². The van der Waals surface area contributed by atoms with E-state index < -0.39 is 21.7 Å². The molecule has 0 aliphatic carbocycles. The van der Waals surface area contributed by atoms with Gasteiger partial charge in [-0.05, 0) is 43.2 Å². The molecule has 0 atom stereocenters. The van der Waals surface area contributed by atoms with Crippen LogP contribution in [0.3, 0.4) is 0 Å². The van der Waals surface area contributed by atoms with Gasteiger partial charge in [-0.1, -0.05) is 11.3 Å². The number of benzene rings is 2. The van der Waals surface area contributed by atoms with E-state index in [1.165, 1.54) is 15.6 Å². The van der Waals surface area contributed by atoms with Crippen LogP contribution in [0, 0.1) is 11.6 Å². The van der Waals surface area contributed by atoms with Gasteiger partial charge in [-0.25, -0.2) is 22.2 Å². The molecule has 1 saturated heterocycles. The quantitative estimate of drug-likeness (QED) is 0.604. The number of halogens is 2. The van der Waals surface area contributed by atoms with Crippen LogP contribution in [-0.2, 0) is 10.0 Å². The van der Waals surface area contributed by atoms with E-state index in [2.05, 4.69) is 4.98 Å². The van der Waals surface area contributed by atoms with Crippen molar-refractivity contribution in [3.05, 3.63) is 48.0 Å². The number of piperidine rings is 1. The summed E-state index contributed by atoms with van der Waals surface area (Å²) in [5.74, 6) is -1.11. The number of hydrogen-bond acceptors (Lipinski definition) is 6. The summed E-state index contributed by atoms with van der Waals surface area (Å²) in [6.07, 6.45) is 0.722. The van der Waals surface area contributed by atoms with Gasteiger partial charge in [-0.2, -0.15) is 4.31 Å². The number of hydrogen-bond donors (Lipinski definition) is 0. The number of methoxy groups -OCH3 is 1. The first-order chi connectivity index (χ1) is 13.8. The average molecular weight is 440 g/mol. The van der Waals surface area contributed by atoms with Crippen molar-refractivity contribution >= 4 is 31.6 Å². The van der Waals surface area contributed by atoms with Crippen molar-refractivity contribution in [3.63, 3.8) is 0 Å². The van der Waals surface area contributed by atoms with E-state index in [0.717, 1.165) is 28.1 Å². The van der Waals surface area contributed by atoms with Crippen LogP contribution in [0.25, 0.3) is 10.2 Å². The minimum Gasteiger partial charge on any atom is -0.497 e. The third-order valence-electron chi connectivity index (χ3n) is 4.72. The lowest BCUT2D eigenvalue weighted by atomic mass is 10.1. The van der Waals surface area contributed by atoms with Crippen molar-refractivity contribution in [2.24, 2.45) is 0 Å². The van der Waals surface area contributed by atoms with E-state index in [4.69, 9.17) is 9.47 Å². The highest BCUT2D eigenvalue weighted by molar-refractivity contribution is 7.89. The Hall–Kier alpha value is -2.30. The molecule has 154 valence electrons. The van der Waals surface area contributed by atoms with Crippen LogP contribution < -0.4 is 9.47 Å². The molecule has 1 aliphatic heterocycles. The van der Waals surface area contributed by atoms with E-state index in [0.29, 0.717) is 24.1 Å². The third-order valence-corrected chi connectivity index (χ3v) is 7.50. The molecular weight excluding hydrogens is 422 g/mol. The molecule has 29 heavy (non-hydrogen) atoms. The van der Waals surface area contributed by atoms with Crippen molar-refractivity contribution in [1.29, 1.82) is 0 Å². The SMILES string of the molecule is COc1ccc2nc(OC3CCN(S(=O)(=O)c4cc(F)cc(F)c4)CC3)sc2c1. The lowest BCUT2D eigenvalue weighted by Gasteiger charge is -2.30. The molecule has 2 aromatic carbocycles. The van der Waals surface area contributed by atoms with Gasteiger partial charge >= 0.3 is 0 Å². The maximum atomic E-state index is 13.4. The predicted molar refractivity (Wildman–Crippen MR) is 105 cm³/mol. The summed E-state index contributed by atoms with van der Waals surface area (Å²) in [6, 6.07) is 7.86. The summed E-state index contributed by atoms with van der Waals surface area (Å²) in [5, 5.41) is 0.516. The normalized spacial score (nSPS) is 16.2. The largest absolute Gasteiger partial charge is 0.497 e. The Labute approximate surface area is 170 Å². The monoisotopic (exact) mass is 440 g/mol. The van der Waals surface area contributed by atoms with Crippen LogP contribution in [0.4, 0.5) is 8.78 Å². The van der Waals surface area contributed by atoms with Crippen LogP contribution in [0.1, 0.15) is 12.8 Å². The fourth-order valence-electron chi connectivity index (χ4n) is 3.22. The Balaban J connectivity index is 1.42. The highest BCUT2D eigenvalue weighted by Gasteiger charge is 2.31. The Bertz CT molecular complexity index is 1120. The number of rotatable bonds is 5. The van der Waals surface area contributed by atoms with E-state index in [1.807, 2.05) is 18.2 Å². The first-order valence-corrected chi connectivity index (χ1v) is 11.2. The summed E-state index contributed by atoms with van der Waals surface area (Å²) >= 11 is 1.40. The molecule has 10 heteroatoms. The van der Waals surface area contributed by atoms with Crippen molar-refractivity contribution in [2.75, 3.05) is 20.2 Å². The summed E-state index contributed by atoms with van der Waals surface area (Å²) in [6.45, 7) is 0.397. The van der Waals surface area contributed by atoms with E-state index in [-0.39, 0.29) is 24.1 Å². The molecule has 6 nitrogen and oxygen atoms in total. The van der Waals surface area contributed by atoms with Gasteiger partial charge < -0.3 is 9.47 Å². The third kappa shape index (κ3) is 4.19. The second-order valence-electron chi connectivity index (χ2n) is 6.64. The van der Waals surface area contributed by atoms with E-state index in [1.54, 1.807) is 7.11 Å². The molecule has 0 amide bonds. The Morgan fingerprint density at radius 3 is 2.45 bits per heavy atom. The minimum atomic E-state index is -3.96. The average Bonchev–Trinajstić information content (AvgIpc) is 3.09. The van der Waals surface area contributed by atoms with Gasteiger partial charge in [-0.15, -0.1) is 0 Å². The van der Waals surface area contributed by atoms with Gasteiger partial charge in [0.25, 0.3) is 5.19 Å². The molecule has 0 bridgehead atoms. The van der Waals surface area contributed by atoms with Crippen LogP contribution in [-0.4, -0.2) is 44.0 Å². The molecule has 2 heterocycles. The molecule has 0 unspecified atom stereocenters. The zero-order valence-corrected chi connectivity index (χ0v) is 17.1. The molecular formula is C19H18F2N2O4S2. The molecule has 0 N–H and O–H groups in total. The number of ether oxygens (including phenoxy) is 2. The number of thiazole rings is 1. The van der Waals surface area contributed by atoms with Gasteiger partial charge in [0.2, 0.25) is 10.0 Å². The molecule has 0 saturated carbocycles. The number of sulfonamides is 1. The summed E-state index contributed by atoms with van der Waals surface area (Å²) in [5.41, 5.74) is 0.805. The summed E-state index contributed by atoms with van der Waals surface area (Å²) in [4.78, 5) is 4.06. The molecule has 0 radical (unpaired) electrons. The van der Waals surface area contributed by atoms with Crippen molar-refractivity contribution in [3.8, 4) is 10.9 Å². The van der Waals surface area contributed by atoms with E-state index in [9.17, 15) is 17.2 Å². The fourth-order valence-corrected chi connectivity index (χ4v) is 5.64. The standard InChI is InChI=1S/C19H18F2N2O4S2/c1-26-15-2-3-17-18(11-15)28-19(22-17)27-14-4-6-23(7-5-14)29(24,25)16-9-12(20)8-13(21)10-16/h2-3,8-11,14H,4-7H2,1H3. The summed E-state index contributed by atoms with van der Waals surface area (Å²) < 4.78 is 65.5. The molecule has 1 aromatic heterocycles. The molecule has 3 aromatic rings. The van der Waals surface area contributed by atoms with Crippen LogP contribution in [0.2, 0.25) is 0 Å². The second-order valence-corrected chi connectivity index (χ2v) is 9.57. The smallest absolute Gasteiger partial charge is 0.274 e. The zero-order chi connectivity index (χ0) is 20.6. The Morgan fingerprint density at radius 2 is 1.79 bits per heavy atom. The van der Waals surface area contributed by atoms with Gasteiger partial charge in [0.15, 0.2) is 0 Å². The Morgan fingerprint density at radius 1 is 1.10 bits per heavy atom. The number of aromatic nitrogens is 1. The first-order valence-electron chi connectivity index (χ1n) is 8.92. The Kier molecular flexibility index (Phi) is 5.41. The van der Waals surface area contributed by atoms with Crippen molar-refractivity contribution < 1.29 is 26.7 Å². The van der Waals surface area contributed by atoms with Crippen LogP contribution >= 0.6 is 11.3 Å². The predicted octanol–water partition coefficient (Wildman–Crippen LogP) is 3.82. The van der Waals surface area contributed by atoms with Gasteiger partial charge in [0, 0.05) is 19.2 Å². The number of nitrogens with zero attached hydrogens (tertiary/aromatic N) is 2. The highest BCUT2D eigenvalue weighted by atomic mass is 32.2. The first kappa shape index (κ1) is 20.0. The maximum Gasteiger partial charge on any atom is 0.274 e. The topological polar surface area (TPSA) is 68.7 Å². The maximum absolute atomic E-state index is 13.4. The van der Waals surface area contributed by atoms with Gasteiger partial charge in [0.1, 0.15) is 23.5 Å². The van der Waals surface area contributed by atoms with Crippen LogP contribution in [0.5, 0.6) is 10.9 Å². The highest BCUT2D eigenvalue weighted by Crippen LogP contribution is 2.32. The second kappa shape index (κ2) is 7.85. The minimum absolute atomic E-state index is 0.187. The zero-order valence-electron chi connectivity index (χ0n) is 15.5. The molecule has 1 fully saturated rings. The fraction of sp³-hybridized carbons (Fsp3) is 0.316. The number of fused-ring (bicyclic) bond motifs is 1. The molecule has 4 rings (SSSR count). The van der Waals surface area contributed by atoms with Gasteiger partial charge in [0.05, 0.1) is 22.2 Å². The van der Waals surface area contributed by atoms with Crippen molar-refractivity contribution in [2.45, 2.75) is 23.8 Å². The van der Waals surface area contributed by atoms with Crippen molar-refractivity contribution in [1.82, 2.24) is 9.29 Å². The molecule has 1 aliphatic rings. The lowest BCUT2D eigenvalue weighted by Crippen LogP contribution is -2.41. The lowest BCUT2D eigenvalue weighted by molar-refractivity contribution is 0.135. The molecule has 0 spiro atoms. The summed E-state index contributed by atoms with van der Waals surface area (Å²) in [7, 11) is -2.36.